The fraction of sp³-hybridized carbons (Fsp3) is 0.611. The highest BCUT2D eigenvalue weighted by Gasteiger charge is 2.50. The van der Waals surface area contributed by atoms with Crippen LogP contribution in [0.15, 0.2) is 24.3 Å². The smallest absolute Gasteiger partial charge is 0.223 e. The van der Waals surface area contributed by atoms with Gasteiger partial charge in [0.05, 0.1) is 0 Å². The van der Waals surface area contributed by atoms with Gasteiger partial charge >= 0.3 is 0 Å². The van der Waals surface area contributed by atoms with Crippen LogP contribution in [0, 0.1) is 35.4 Å². The molecular formula is C18H22FNO. The Morgan fingerprint density at radius 1 is 1.05 bits per heavy atom. The van der Waals surface area contributed by atoms with E-state index in [4.69, 9.17) is 0 Å². The van der Waals surface area contributed by atoms with Crippen LogP contribution in [0.5, 0.6) is 0 Å². The molecule has 2 nitrogen and oxygen atoms in total. The lowest BCUT2D eigenvalue weighted by Gasteiger charge is -2.53. The summed E-state index contributed by atoms with van der Waals surface area (Å²) in [6.07, 6.45) is 6.36. The fourth-order valence-corrected chi connectivity index (χ4v) is 5.30. The lowest BCUT2D eigenvalue weighted by atomic mass is 9.51. The summed E-state index contributed by atoms with van der Waals surface area (Å²) in [5.41, 5.74) is 0.578. The number of carbonyl (C=O) groups is 1. The van der Waals surface area contributed by atoms with E-state index in [0.717, 1.165) is 11.8 Å². The fourth-order valence-electron chi connectivity index (χ4n) is 5.30. The summed E-state index contributed by atoms with van der Waals surface area (Å²) in [5.74, 6) is 3.04. The van der Waals surface area contributed by atoms with E-state index in [0.29, 0.717) is 23.9 Å². The molecule has 112 valence electrons. The van der Waals surface area contributed by atoms with E-state index in [1.807, 2.05) is 6.07 Å². The molecular weight excluding hydrogens is 265 g/mol. The molecule has 0 saturated heterocycles. The van der Waals surface area contributed by atoms with Crippen molar-refractivity contribution in [2.75, 3.05) is 0 Å². The molecule has 5 rings (SSSR count). The van der Waals surface area contributed by atoms with Crippen LogP contribution in [-0.2, 0) is 11.3 Å². The SMILES string of the molecule is O=C(NCc1ccccc1F)C1C2CC3CC(C2)CC1C3. The Labute approximate surface area is 125 Å². The second kappa shape index (κ2) is 5.11. The molecule has 4 bridgehead atoms. The van der Waals surface area contributed by atoms with Crippen LogP contribution in [-0.4, -0.2) is 5.91 Å². The molecule has 1 aromatic carbocycles. The molecule has 1 aromatic rings. The summed E-state index contributed by atoms with van der Waals surface area (Å²) in [7, 11) is 0. The third-order valence-electron chi connectivity index (χ3n) is 5.94. The molecule has 1 N–H and O–H groups in total. The van der Waals surface area contributed by atoms with E-state index >= 15 is 0 Å². The van der Waals surface area contributed by atoms with Crippen LogP contribution < -0.4 is 5.32 Å². The van der Waals surface area contributed by atoms with Crippen LogP contribution in [0.1, 0.15) is 37.7 Å². The molecule has 0 unspecified atom stereocenters. The van der Waals surface area contributed by atoms with Gasteiger partial charge in [-0.1, -0.05) is 18.2 Å². The molecule has 1 amide bonds. The molecule has 0 radical (unpaired) electrons. The second-order valence-corrected chi connectivity index (χ2v) is 7.27. The molecule has 0 aromatic heterocycles. The van der Waals surface area contributed by atoms with Crippen LogP contribution in [0.3, 0.4) is 0 Å². The van der Waals surface area contributed by atoms with Gasteiger partial charge in [0.25, 0.3) is 0 Å². The third-order valence-corrected chi connectivity index (χ3v) is 5.94. The number of benzene rings is 1. The van der Waals surface area contributed by atoms with Crippen molar-refractivity contribution in [2.24, 2.45) is 29.6 Å². The maximum Gasteiger partial charge on any atom is 0.223 e. The molecule has 0 heterocycles. The quantitative estimate of drug-likeness (QED) is 0.905. The summed E-state index contributed by atoms with van der Waals surface area (Å²) in [5, 5.41) is 2.99. The molecule has 4 aliphatic carbocycles. The first-order valence-electron chi connectivity index (χ1n) is 8.22. The van der Waals surface area contributed by atoms with Gasteiger partial charge in [-0.15, -0.1) is 0 Å². The van der Waals surface area contributed by atoms with Crippen LogP contribution >= 0.6 is 0 Å². The Hall–Kier alpha value is -1.38. The van der Waals surface area contributed by atoms with Crippen molar-refractivity contribution in [3.05, 3.63) is 35.6 Å². The summed E-state index contributed by atoms with van der Waals surface area (Å²) >= 11 is 0. The van der Waals surface area contributed by atoms with Crippen molar-refractivity contribution >= 4 is 5.91 Å². The monoisotopic (exact) mass is 287 g/mol. The lowest BCUT2D eigenvalue weighted by Crippen LogP contribution is -2.50. The minimum absolute atomic E-state index is 0.159. The predicted molar refractivity (Wildman–Crippen MR) is 78.8 cm³/mol. The van der Waals surface area contributed by atoms with Gasteiger partial charge in [-0.05, 0) is 61.8 Å². The Balaban J connectivity index is 1.43. The van der Waals surface area contributed by atoms with E-state index in [1.54, 1.807) is 12.1 Å². The minimum atomic E-state index is -0.233. The summed E-state index contributed by atoms with van der Waals surface area (Å²) < 4.78 is 13.6. The van der Waals surface area contributed by atoms with Gasteiger partial charge in [-0.3, -0.25) is 4.79 Å². The summed E-state index contributed by atoms with van der Waals surface area (Å²) in [6, 6.07) is 6.68. The van der Waals surface area contributed by atoms with Gasteiger partial charge in [-0.25, -0.2) is 4.39 Å². The van der Waals surface area contributed by atoms with E-state index in [9.17, 15) is 9.18 Å². The van der Waals surface area contributed by atoms with Crippen molar-refractivity contribution in [2.45, 2.75) is 38.6 Å². The molecule has 4 saturated carbocycles. The van der Waals surface area contributed by atoms with E-state index in [-0.39, 0.29) is 17.6 Å². The third kappa shape index (κ3) is 2.37. The van der Waals surface area contributed by atoms with E-state index < -0.39 is 0 Å². The zero-order valence-corrected chi connectivity index (χ0v) is 12.2. The average Bonchev–Trinajstić information content (AvgIpc) is 2.45. The maximum absolute atomic E-state index is 13.6. The number of hydrogen-bond donors (Lipinski definition) is 1. The van der Waals surface area contributed by atoms with Gasteiger partial charge in [0.1, 0.15) is 5.82 Å². The van der Waals surface area contributed by atoms with Crippen molar-refractivity contribution in [3.63, 3.8) is 0 Å². The number of halogens is 1. The van der Waals surface area contributed by atoms with Crippen LogP contribution in [0.2, 0.25) is 0 Å². The predicted octanol–water partition coefficient (Wildman–Crippen LogP) is 3.51. The number of nitrogens with one attached hydrogen (secondary N) is 1. The highest BCUT2D eigenvalue weighted by molar-refractivity contribution is 5.79. The highest BCUT2D eigenvalue weighted by atomic mass is 19.1. The van der Waals surface area contributed by atoms with Crippen molar-refractivity contribution in [1.82, 2.24) is 5.32 Å². The summed E-state index contributed by atoms with van der Waals surface area (Å²) in [4.78, 5) is 12.6. The molecule has 0 atom stereocenters. The van der Waals surface area contributed by atoms with Crippen LogP contribution in [0.4, 0.5) is 4.39 Å². The first kappa shape index (κ1) is 13.3. The zero-order valence-electron chi connectivity index (χ0n) is 12.2. The van der Waals surface area contributed by atoms with Crippen molar-refractivity contribution in [1.29, 1.82) is 0 Å². The lowest BCUT2D eigenvalue weighted by molar-refractivity contribution is -0.138. The normalized spacial score (nSPS) is 36.7. The highest BCUT2D eigenvalue weighted by Crippen LogP contribution is 2.56. The summed E-state index contributed by atoms with van der Waals surface area (Å²) in [6.45, 7) is 0.314. The van der Waals surface area contributed by atoms with E-state index in [2.05, 4.69) is 5.32 Å². The first-order chi connectivity index (χ1) is 10.2. The standard InChI is InChI=1S/C18H22FNO/c19-16-4-2-1-3-13(16)10-20-18(21)17-14-6-11-5-12(8-14)9-15(17)7-11/h1-4,11-12,14-15,17H,5-10H2,(H,20,21). The Morgan fingerprint density at radius 3 is 2.29 bits per heavy atom. The van der Waals surface area contributed by atoms with Crippen molar-refractivity contribution < 1.29 is 9.18 Å². The van der Waals surface area contributed by atoms with Gasteiger partial charge in [0.2, 0.25) is 5.91 Å². The molecule has 4 fully saturated rings. The molecule has 0 aliphatic heterocycles. The molecule has 4 aliphatic rings. The topological polar surface area (TPSA) is 29.1 Å². The Morgan fingerprint density at radius 2 is 1.67 bits per heavy atom. The number of hydrogen-bond acceptors (Lipinski definition) is 1. The van der Waals surface area contributed by atoms with Crippen molar-refractivity contribution in [3.8, 4) is 0 Å². The minimum Gasteiger partial charge on any atom is -0.352 e. The molecule has 0 spiro atoms. The van der Waals surface area contributed by atoms with Gasteiger partial charge < -0.3 is 5.32 Å². The van der Waals surface area contributed by atoms with Gasteiger partial charge in [0.15, 0.2) is 0 Å². The zero-order chi connectivity index (χ0) is 14.4. The number of amides is 1. The number of carbonyl (C=O) groups excluding carboxylic acids is 1. The van der Waals surface area contributed by atoms with Crippen LogP contribution in [0.25, 0.3) is 0 Å². The largest absolute Gasteiger partial charge is 0.352 e. The first-order valence-corrected chi connectivity index (χ1v) is 8.22. The van der Waals surface area contributed by atoms with Gasteiger partial charge in [-0.2, -0.15) is 0 Å². The Bertz CT molecular complexity index is 528. The van der Waals surface area contributed by atoms with Gasteiger partial charge in [0, 0.05) is 18.0 Å². The van der Waals surface area contributed by atoms with E-state index in [1.165, 1.54) is 38.2 Å². The Kier molecular flexibility index (Phi) is 3.24. The second-order valence-electron chi connectivity index (χ2n) is 7.27. The molecule has 3 heteroatoms. The maximum atomic E-state index is 13.6. The molecule has 21 heavy (non-hydrogen) atoms. The number of rotatable bonds is 3. The average molecular weight is 287 g/mol.